The monoisotopic (exact) mass is 170 g/mol. The molecule has 0 aliphatic carbocycles. The van der Waals surface area contributed by atoms with Gasteiger partial charge in [0.15, 0.2) is 0 Å². The average Bonchev–Trinajstić information content (AvgIpc) is 2.49. The molecule has 0 aromatic carbocycles. The summed E-state index contributed by atoms with van der Waals surface area (Å²) in [5.41, 5.74) is 4.89. The van der Waals surface area contributed by atoms with Crippen molar-refractivity contribution in [1.82, 2.24) is 10.6 Å². The second kappa shape index (κ2) is 4.58. The average molecular weight is 170 g/mol. The number of hydrogen-bond acceptors (Lipinski definition) is 3. The lowest BCUT2D eigenvalue weighted by molar-refractivity contribution is 0.249. The van der Waals surface area contributed by atoms with Crippen LogP contribution >= 0.6 is 0 Å². The molecule has 68 valence electrons. The first kappa shape index (κ1) is 8.83. The number of aliphatic imine (C=N–C) groups is 1. The third-order valence-electron chi connectivity index (χ3n) is 1.63. The van der Waals surface area contributed by atoms with Crippen LogP contribution in [0.4, 0.5) is 4.79 Å². The molecule has 1 rings (SSSR count). The fourth-order valence-electron chi connectivity index (χ4n) is 1.08. The van der Waals surface area contributed by atoms with E-state index in [0.717, 1.165) is 31.8 Å². The van der Waals surface area contributed by atoms with Crippen LogP contribution < -0.4 is 16.4 Å². The number of amides is 2. The van der Waals surface area contributed by atoms with Gasteiger partial charge in [-0.3, -0.25) is 4.99 Å². The molecular weight excluding hydrogens is 156 g/mol. The molecule has 4 N–H and O–H groups in total. The number of carbonyl (C=O) groups excluding carboxylic acids is 1. The van der Waals surface area contributed by atoms with E-state index in [1.165, 1.54) is 0 Å². The van der Waals surface area contributed by atoms with E-state index < -0.39 is 6.03 Å². The molecule has 0 unspecified atom stereocenters. The van der Waals surface area contributed by atoms with Crippen molar-refractivity contribution in [3.05, 3.63) is 0 Å². The van der Waals surface area contributed by atoms with E-state index in [2.05, 4.69) is 15.6 Å². The number of carbonyl (C=O) groups is 1. The Morgan fingerprint density at radius 1 is 1.75 bits per heavy atom. The van der Waals surface area contributed by atoms with Crippen LogP contribution in [-0.2, 0) is 0 Å². The summed E-state index contributed by atoms with van der Waals surface area (Å²) < 4.78 is 0. The Bertz CT molecular complexity index is 190. The molecule has 5 nitrogen and oxygen atoms in total. The predicted octanol–water partition coefficient (Wildman–Crippen LogP) is -0.563. The van der Waals surface area contributed by atoms with Gasteiger partial charge in [-0.2, -0.15) is 0 Å². The molecule has 0 bridgehead atoms. The maximum absolute atomic E-state index is 10.3. The maximum atomic E-state index is 10.3. The van der Waals surface area contributed by atoms with Crippen LogP contribution in [0.25, 0.3) is 0 Å². The molecule has 0 spiro atoms. The largest absolute Gasteiger partial charge is 0.372 e. The molecule has 0 saturated carbocycles. The lowest BCUT2D eigenvalue weighted by Gasteiger charge is -2.02. The molecule has 1 heterocycles. The molecule has 0 aromatic heterocycles. The normalized spacial score (nSPS) is 15.2. The van der Waals surface area contributed by atoms with Gasteiger partial charge in [0, 0.05) is 19.5 Å². The highest BCUT2D eigenvalue weighted by Crippen LogP contribution is 1.94. The fraction of sp³-hybridized carbons (Fsp3) is 0.714. The summed E-state index contributed by atoms with van der Waals surface area (Å²) in [7, 11) is 0. The number of rotatable bonds is 4. The fourth-order valence-corrected chi connectivity index (χ4v) is 1.08. The number of nitrogens with two attached hydrogens (primary N) is 1. The van der Waals surface area contributed by atoms with E-state index in [0.29, 0.717) is 6.54 Å². The van der Waals surface area contributed by atoms with Gasteiger partial charge in [-0.25, -0.2) is 4.79 Å². The molecule has 2 amide bonds. The second-order valence-electron chi connectivity index (χ2n) is 2.65. The minimum atomic E-state index is -0.462. The Morgan fingerprint density at radius 3 is 3.17 bits per heavy atom. The molecule has 5 heteroatoms. The van der Waals surface area contributed by atoms with Crippen molar-refractivity contribution < 1.29 is 4.79 Å². The summed E-state index contributed by atoms with van der Waals surface area (Å²) in [6.45, 7) is 2.44. The number of nitrogens with zero attached hydrogens (tertiary/aromatic N) is 1. The maximum Gasteiger partial charge on any atom is 0.312 e. The zero-order valence-electron chi connectivity index (χ0n) is 6.97. The van der Waals surface area contributed by atoms with Crippen LogP contribution in [0.15, 0.2) is 4.99 Å². The van der Waals surface area contributed by atoms with Gasteiger partial charge in [-0.05, 0) is 6.42 Å². The summed E-state index contributed by atoms with van der Waals surface area (Å²) in [4.78, 5) is 14.5. The predicted molar refractivity (Wildman–Crippen MR) is 47.1 cm³/mol. The topological polar surface area (TPSA) is 79.5 Å². The van der Waals surface area contributed by atoms with Gasteiger partial charge in [0.05, 0.1) is 12.4 Å². The smallest absolute Gasteiger partial charge is 0.312 e. The quantitative estimate of drug-likeness (QED) is 0.494. The molecule has 0 atom stereocenters. The minimum absolute atomic E-state index is 0.462. The zero-order valence-corrected chi connectivity index (χ0v) is 6.97. The van der Waals surface area contributed by atoms with Crippen molar-refractivity contribution in [2.45, 2.75) is 12.8 Å². The van der Waals surface area contributed by atoms with Crippen LogP contribution in [0.1, 0.15) is 12.8 Å². The summed E-state index contributed by atoms with van der Waals surface area (Å²) in [5.74, 6) is 1.04. The first-order chi connectivity index (χ1) is 5.79. The van der Waals surface area contributed by atoms with E-state index in [1.807, 2.05) is 0 Å². The van der Waals surface area contributed by atoms with E-state index in [9.17, 15) is 4.79 Å². The van der Waals surface area contributed by atoms with Crippen LogP contribution in [0.3, 0.4) is 0 Å². The van der Waals surface area contributed by atoms with Crippen molar-refractivity contribution in [3.63, 3.8) is 0 Å². The summed E-state index contributed by atoms with van der Waals surface area (Å²) in [5, 5.41) is 5.68. The Morgan fingerprint density at radius 2 is 2.58 bits per heavy atom. The molecule has 1 aliphatic heterocycles. The zero-order chi connectivity index (χ0) is 8.81. The summed E-state index contributed by atoms with van der Waals surface area (Å²) in [6, 6.07) is -0.462. The second-order valence-corrected chi connectivity index (χ2v) is 2.65. The first-order valence-corrected chi connectivity index (χ1v) is 4.09. The first-order valence-electron chi connectivity index (χ1n) is 4.09. The van der Waals surface area contributed by atoms with E-state index >= 15 is 0 Å². The minimum Gasteiger partial charge on any atom is -0.372 e. The highest BCUT2D eigenvalue weighted by molar-refractivity contribution is 5.83. The van der Waals surface area contributed by atoms with Gasteiger partial charge in [0.25, 0.3) is 0 Å². The highest BCUT2D eigenvalue weighted by Gasteiger charge is 2.03. The molecular formula is C7H14N4O. The number of urea groups is 1. The number of hydrogen-bond donors (Lipinski definition) is 3. The van der Waals surface area contributed by atoms with Gasteiger partial charge < -0.3 is 16.4 Å². The Labute approximate surface area is 71.4 Å². The number of nitrogens with one attached hydrogen (secondary N) is 2. The lowest BCUT2D eigenvalue weighted by atomic mass is 10.3. The molecule has 0 aromatic rings. The van der Waals surface area contributed by atoms with Crippen molar-refractivity contribution in [2.75, 3.05) is 19.6 Å². The van der Waals surface area contributed by atoms with Crippen molar-refractivity contribution in [3.8, 4) is 0 Å². The standard InChI is InChI=1S/C7H14N4O/c8-7(12)11-3-1-2-6-9-4-5-10-6/h1-5H2,(H,9,10)(H3,8,11,12). The van der Waals surface area contributed by atoms with Gasteiger partial charge in [0.1, 0.15) is 0 Å². The highest BCUT2D eigenvalue weighted by atomic mass is 16.2. The summed E-state index contributed by atoms with van der Waals surface area (Å²) in [6.07, 6.45) is 1.77. The van der Waals surface area contributed by atoms with Gasteiger partial charge >= 0.3 is 6.03 Å². The Kier molecular flexibility index (Phi) is 3.37. The van der Waals surface area contributed by atoms with Crippen LogP contribution in [0, 0.1) is 0 Å². The van der Waals surface area contributed by atoms with Crippen LogP contribution in [-0.4, -0.2) is 31.5 Å². The SMILES string of the molecule is NC(=O)NCCCC1=NCCN1. The van der Waals surface area contributed by atoms with Crippen molar-refractivity contribution in [2.24, 2.45) is 10.7 Å². The molecule has 12 heavy (non-hydrogen) atoms. The van der Waals surface area contributed by atoms with Crippen LogP contribution in [0.5, 0.6) is 0 Å². The number of primary amides is 1. The van der Waals surface area contributed by atoms with E-state index in [-0.39, 0.29) is 0 Å². The molecule has 0 fully saturated rings. The van der Waals surface area contributed by atoms with E-state index in [1.54, 1.807) is 0 Å². The van der Waals surface area contributed by atoms with Crippen LogP contribution in [0.2, 0.25) is 0 Å². The third kappa shape index (κ3) is 3.23. The third-order valence-corrected chi connectivity index (χ3v) is 1.63. The molecule has 0 saturated heterocycles. The summed E-state index contributed by atoms with van der Waals surface area (Å²) >= 11 is 0. The van der Waals surface area contributed by atoms with Crippen molar-refractivity contribution >= 4 is 11.9 Å². The van der Waals surface area contributed by atoms with Crippen molar-refractivity contribution in [1.29, 1.82) is 0 Å². The lowest BCUT2D eigenvalue weighted by Crippen LogP contribution is -2.30. The Balaban J connectivity index is 1.98. The Hall–Kier alpha value is -1.26. The molecule has 0 radical (unpaired) electrons. The van der Waals surface area contributed by atoms with Gasteiger partial charge in [0.2, 0.25) is 0 Å². The van der Waals surface area contributed by atoms with E-state index in [4.69, 9.17) is 5.73 Å². The molecule has 1 aliphatic rings. The van der Waals surface area contributed by atoms with Gasteiger partial charge in [-0.1, -0.05) is 0 Å². The number of amidine groups is 1. The van der Waals surface area contributed by atoms with Gasteiger partial charge in [-0.15, -0.1) is 0 Å².